The third-order valence-electron chi connectivity index (χ3n) is 5.92. The lowest BCUT2D eigenvalue weighted by Crippen LogP contribution is -2.59. The van der Waals surface area contributed by atoms with Gasteiger partial charge in [-0.25, -0.2) is 0 Å². The second-order valence-corrected chi connectivity index (χ2v) is 7.18. The molecule has 4 atom stereocenters. The molecule has 0 spiro atoms. The first kappa shape index (κ1) is 15.4. The van der Waals surface area contributed by atoms with Gasteiger partial charge in [0.15, 0.2) is 0 Å². The first-order chi connectivity index (χ1) is 11.8. The summed E-state index contributed by atoms with van der Waals surface area (Å²) >= 11 is 0. The minimum Gasteiger partial charge on any atom is -0.348 e. The number of rotatable bonds is 3. The number of hydrogen-bond donors (Lipinski definition) is 1. The smallest absolute Gasteiger partial charge is 0.253 e. The number of hydrogen-bond acceptors (Lipinski definition) is 2. The minimum atomic E-state index is 0.0237. The van der Waals surface area contributed by atoms with Gasteiger partial charge in [0, 0.05) is 23.9 Å². The zero-order valence-electron chi connectivity index (χ0n) is 14.1. The molecule has 2 aliphatic carbocycles. The van der Waals surface area contributed by atoms with Crippen LogP contribution < -0.4 is 5.32 Å². The zero-order chi connectivity index (χ0) is 16.5. The summed E-state index contributed by atoms with van der Waals surface area (Å²) in [4.78, 5) is 17.0. The highest BCUT2D eigenvalue weighted by Crippen LogP contribution is 2.54. The summed E-state index contributed by atoms with van der Waals surface area (Å²) in [6.07, 6.45) is 6.89. The van der Waals surface area contributed by atoms with E-state index < -0.39 is 0 Å². The van der Waals surface area contributed by atoms with Crippen molar-refractivity contribution in [3.05, 3.63) is 65.5 Å². The van der Waals surface area contributed by atoms with Gasteiger partial charge in [-0.3, -0.25) is 9.78 Å². The third-order valence-corrected chi connectivity index (χ3v) is 5.92. The average molecular weight is 320 g/mol. The van der Waals surface area contributed by atoms with Crippen LogP contribution in [-0.2, 0) is 0 Å². The predicted molar refractivity (Wildman–Crippen MR) is 94.9 cm³/mol. The number of carbonyl (C=O) groups is 1. The molecule has 24 heavy (non-hydrogen) atoms. The normalized spacial score (nSPS) is 28.5. The summed E-state index contributed by atoms with van der Waals surface area (Å²) in [5.74, 6) is 1.83. The number of fused-ring (bicyclic) bond motifs is 1. The molecule has 0 saturated heterocycles. The number of aryl methyl sites for hydroxylation is 1. The topological polar surface area (TPSA) is 42.0 Å². The van der Waals surface area contributed by atoms with Gasteiger partial charge >= 0.3 is 0 Å². The molecule has 1 aromatic carbocycles. The van der Waals surface area contributed by atoms with E-state index in [1.54, 1.807) is 6.20 Å². The molecule has 2 fully saturated rings. The van der Waals surface area contributed by atoms with E-state index in [4.69, 9.17) is 0 Å². The van der Waals surface area contributed by atoms with E-state index in [0.29, 0.717) is 17.4 Å². The summed E-state index contributed by atoms with van der Waals surface area (Å²) < 4.78 is 0. The van der Waals surface area contributed by atoms with Gasteiger partial charge in [0.2, 0.25) is 0 Å². The van der Waals surface area contributed by atoms with Gasteiger partial charge < -0.3 is 5.32 Å². The highest BCUT2D eigenvalue weighted by atomic mass is 16.1. The molecule has 0 unspecified atom stereocenters. The number of benzene rings is 1. The van der Waals surface area contributed by atoms with E-state index in [-0.39, 0.29) is 11.9 Å². The lowest BCUT2D eigenvalue weighted by atomic mass is 9.53. The molecule has 2 aliphatic rings. The summed E-state index contributed by atoms with van der Waals surface area (Å²) in [6.45, 7) is 1.90. The SMILES string of the molecule is Cc1ncccc1C(=O)N[C@H]1[C@@H]2CCCC[C@H]2[C@@H]1c1ccccc1. The van der Waals surface area contributed by atoms with Gasteiger partial charge in [0.25, 0.3) is 5.91 Å². The fraction of sp³-hybridized carbons (Fsp3) is 0.429. The first-order valence-electron chi connectivity index (χ1n) is 9.03. The Morgan fingerprint density at radius 2 is 1.79 bits per heavy atom. The minimum absolute atomic E-state index is 0.0237. The highest BCUT2D eigenvalue weighted by molar-refractivity contribution is 5.95. The van der Waals surface area contributed by atoms with Crippen molar-refractivity contribution < 1.29 is 4.79 Å². The molecule has 2 saturated carbocycles. The molecule has 3 nitrogen and oxygen atoms in total. The van der Waals surface area contributed by atoms with E-state index in [2.05, 4.69) is 40.6 Å². The van der Waals surface area contributed by atoms with Crippen LogP contribution in [0.25, 0.3) is 0 Å². The lowest BCUT2D eigenvalue weighted by Gasteiger charge is -2.55. The number of carbonyl (C=O) groups excluding carboxylic acids is 1. The van der Waals surface area contributed by atoms with Gasteiger partial charge in [0.05, 0.1) is 5.56 Å². The van der Waals surface area contributed by atoms with Crippen molar-refractivity contribution in [3.63, 3.8) is 0 Å². The van der Waals surface area contributed by atoms with Crippen molar-refractivity contribution in [1.82, 2.24) is 10.3 Å². The van der Waals surface area contributed by atoms with Gasteiger partial charge in [0.1, 0.15) is 0 Å². The molecule has 0 bridgehead atoms. The Bertz CT molecular complexity index is 728. The largest absolute Gasteiger partial charge is 0.348 e. The Hall–Kier alpha value is -2.16. The van der Waals surface area contributed by atoms with E-state index in [9.17, 15) is 4.79 Å². The Labute approximate surface area is 143 Å². The van der Waals surface area contributed by atoms with Gasteiger partial charge in [-0.1, -0.05) is 43.2 Å². The van der Waals surface area contributed by atoms with E-state index in [1.807, 2.05) is 19.1 Å². The molecule has 4 rings (SSSR count). The van der Waals surface area contributed by atoms with Gasteiger partial charge in [-0.15, -0.1) is 0 Å². The maximum absolute atomic E-state index is 12.8. The number of nitrogens with one attached hydrogen (secondary N) is 1. The van der Waals surface area contributed by atoms with Crippen molar-refractivity contribution in [2.45, 2.75) is 44.6 Å². The number of amides is 1. The maximum Gasteiger partial charge on any atom is 0.253 e. The summed E-state index contributed by atoms with van der Waals surface area (Å²) in [6, 6.07) is 14.7. The molecular formula is C21H24N2O. The quantitative estimate of drug-likeness (QED) is 0.925. The molecule has 2 aromatic rings. The van der Waals surface area contributed by atoms with Gasteiger partial charge in [-0.05, 0) is 49.3 Å². The highest BCUT2D eigenvalue weighted by Gasteiger charge is 2.51. The molecule has 1 amide bonds. The van der Waals surface area contributed by atoms with Crippen LogP contribution in [0.3, 0.4) is 0 Å². The summed E-state index contributed by atoms with van der Waals surface area (Å²) in [5.41, 5.74) is 2.86. The summed E-state index contributed by atoms with van der Waals surface area (Å²) in [5, 5.41) is 3.34. The van der Waals surface area contributed by atoms with Crippen molar-refractivity contribution in [1.29, 1.82) is 0 Å². The number of aromatic nitrogens is 1. The molecule has 0 aliphatic heterocycles. The fourth-order valence-electron chi connectivity index (χ4n) is 4.75. The number of pyridine rings is 1. The van der Waals surface area contributed by atoms with Gasteiger partial charge in [-0.2, -0.15) is 0 Å². The molecule has 124 valence electrons. The molecular weight excluding hydrogens is 296 g/mol. The molecule has 1 aromatic heterocycles. The van der Waals surface area contributed by atoms with Crippen LogP contribution >= 0.6 is 0 Å². The molecule has 1 N–H and O–H groups in total. The molecule has 1 heterocycles. The zero-order valence-corrected chi connectivity index (χ0v) is 14.1. The summed E-state index contributed by atoms with van der Waals surface area (Å²) in [7, 11) is 0. The Morgan fingerprint density at radius 3 is 2.54 bits per heavy atom. The van der Waals surface area contributed by atoms with Crippen LogP contribution in [0.2, 0.25) is 0 Å². The Kier molecular flexibility index (Phi) is 4.09. The van der Waals surface area contributed by atoms with Crippen molar-refractivity contribution in [3.8, 4) is 0 Å². The number of nitrogens with zero attached hydrogens (tertiary/aromatic N) is 1. The van der Waals surface area contributed by atoms with Crippen LogP contribution in [0.1, 0.15) is 53.2 Å². The monoisotopic (exact) mass is 320 g/mol. The molecule has 3 heteroatoms. The second kappa shape index (κ2) is 6.39. The third kappa shape index (κ3) is 2.62. The van der Waals surface area contributed by atoms with Crippen LogP contribution in [-0.4, -0.2) is 16.9 Å². The van der Waals surface area contributed by atoms with Crippen LogP contribution in [0, 0.1) is 18.8 Å². The molecule has 0 radical (unpaired) electrons. The van der Waals surface area contributed by atoms with Crippen molar-refractivity contribution in [2.24, 2.45) is 11.8 Å². The fourth-order valence-corrected chi connectivity index (χ4v) is 4.75. The second-order valence-electron chi connectivity index (χ2n) is 7.18. The van der Waals surface area contributed by atoms with E-state index in [1.165, 1.54) is 31.2 Å². The van der Waals surface area contributed by atoms with E-state index in [0.717, 1.165) is 11.6 Å². The van der Waals surface area contributed by atoms with E-state index >= 15 is 0 Å². The van der Waals surface area contributed by atoms with Crippen LogP contribution in [0.5, 0.6) is 0 Å². The van der Waals surface area contributed by atoms with Crippen LogP contribution in [0.4, 0.5) is 0 Å². The first-order valence-corrected chi connectivity index (χ1v) is 9.03. The predicted octanol–water partition coefficient (Wildman–Crippen LogP) is 4.09. The average Bonchev–Trinajstić information content (AvgIpc) is 2.61. The maximum atomic E-state index is 12.8. The Balaban J connectivity index is 1.58. The van der Waals surface area contributed by atoms with Crippen molar-refractivity contribution in [2.75, 3.05) is 0 Å². The van der Waals surface area contributed by atoms with Crippen molar-refractivity contribution >= 4 is 5.91 Å². The standard InChI is InChI=1S/C21H24N2O/c1-14-16(12-7-13-22-14)21(24)23-20-18-11-6-5-10-17(18)19(20)15-8-3-2-4-9-15/h2-4,7-9,12-13,17-20H,5-6,10-11H2,1H3,(H,23,24)/t17-,18-,19+,20+/m1/s1. The lowest BCUT2D eigenvalue weighted by molar-refractivity contribution is 0.0251. The van der Waals surface area contributed by atoms with Crippen LogP contribution in [0.15, 0.2) is 48.7 Å². The Morgan fingerprint density at radius 1 is 1.04 bits per heavy atom.